The fourth-order valence-electron chi connectivity index (χ4n) is 2.11. The van der Waals surface area contributed by atoms with Crippen LogP contribution in [0.3, 0.4) is 0 Å². The first kappa shape index (κ1) is 14.1. The highest BCUT2D eigenvalue weighted by molar-refractivity contribution is 9.10. The van der Waals surface area contributed by atoms with Gasteiger partial charge in [0.2, 0.25) is 0 Å². The van der Waals surface area contributed by atoms with Crippen LogP contribution in [0.5, 0.6) is 5.75 Å². The van der Waals surface area contributed by atoms with Gasteiger partial charge in [-0.05, 0) is 55.3 Å². The Hall–Kier alpha value is -1.29. The zero-order valence-corrected chi connectivity index (χ0v) is 13.4. The van der Waals surface area contributed by atoms with Crippen molar-refractivity contribution < 1.29 is 4.74 Å². The highest BCUT2D eigenvalue weighted by Gasteiger charge is 2.13. The maximum absolute atomic E-state index is 5.92. The lowest BCUT2D eigenvalue weighted by Crippen LogP contribution is -2.07. The number of rotatable bonds is 4. The van der Waals surface area contributed by atoms with Gasteiger partial charge in [0, 0.05) is 6.54 Å². The highest BCUT2D eigenvalue weighted by Crippen LogP contribution is 2.24. The molecule has 102 valence electrons. The van der Waals surface area contributed by atoms with Gasteiger partial charge in [-0.1, -0.05) is 17.7 Å². The Bertz CT molecular complexity index is 590. The number of nitrogens with zero attached hydrogens (tertiary/aromatic N) is 2. The topological polar surface area (TPSA) is 27.1 Å². The molecule has 2 rings (SSSR count). The predicted octanol–water partition coefficient (Wildman–Crippen LogP) is 4.17. The molecule has 0 bridgehead atoms. The second kappa shape index (κ2) is 5.78. The molecule has 2 aromatic rings. The maximum Gasteiger partial charge on any atom is 0.131 e. The van der Waals surface area contributed by atoms with E-state index >= 15 is 0 Å². The van der Waals surface area contributed by atoms with E-state index in [9.17, 15) is 0 Å². The molecule has 0 saturated carbocycles. The summed E-state index contributed by atoms with van der Waals surface area (Å²) >= 11 is 3.58. The van der Waals surface area contributed by atoms with Gasteiger partial charge >= 0.3 is 0 Å². The van der Waals surface area contributed by atoms with Crippen molar-refractivity contribution >= 4 is 15.9 Å². The molecule has 0 spiro atoms. The van der Waals surface area contributed by atoms with Crippen molar-refractivity contribution in [2.45, 2.75) is 40.8 Å². The molecule has 1 aromatic carbocycles. The Morgan fingerprint density at radius 3 is 2.63 bits per heavy atom. The zero-order valence-electron chi connectivity index (χ0n) is 11.8. The predicted molar refractivity (Wildman–Crippen MR) is 80.6 cm³/mol. The minimum absolute atomic E-state index is 0.527. The minimum atomic E-state index is 0.527. The smallest absolute Gasteiger partial charge is 0.131 e. The SMILES string of the molecule is CCn1nc(C)c(Br)c1COc1ccc(C)cc1C. The number of benzene rings is 1. The third kappa shape index (κ3) is 3.00. The first-order chi connectivity index (χ1) is 9.02. The van der Waals surface area contributed by atoms with Gasteiger partial charge in [0.15, 0.2) is 0 Å². The van der Waals surface area contributed by atoms with Crippen molar-refractivity contribution in [1.29, 1.82) is 0 Å². The third-order valence-corrected chi connectivity index (χ3v) is 4.18. The van der Waals surface area contributed by atoms with Gasteiger partial charge in [-0.15, -0.1) is 0 Å². The van der Waals surface area contributed by atoms with Gasteiger partial charge in [-0.3, -0.25) is 4.68 Å². The van der Waals surface area contributed by atoms with E-state index in [1.165, 1.54) is 5.56 Å². The van der Waals surface area contributed by atoms with Crippen LogP contribution in [0.1, 0.15) is 29.4 Å². The lowest BCUT2D eigenvalue weighted by Gasteiger charge is -2.11. The third-order valence-electron chi connectivity index (χ3n) is 3.15. The van der Waals surface area contributed by atoms with Crippen LogP contribution in [-0.4, -0.2) is 9.78 Å². The Morgan fingerprint density at radius 2 is 2.00 bits per heavy atom. The van der Waals surface area contributed by atoms with Crippen molar-refractivity contribution in [2.75, 3.05) is 0 Å². The first-order valence-corrected chi connectivity index (χ1v) is 7.24. The number of aromatic nitrogens is 2. The van der Waals surface area contributed by atoms with Gasteiger partial charge in [0.05, 0.1) is 15.9 Å². The molecule has 0 N–H and O–H groups in total. The molecule has 0 amide bonds. The molecular weight excluding hydrogens is 304 g/mol. The van der Waals surface area contributed by atoms with Gasteiger partial charge < -0.3 is 4.74 Å². The average molecular weight is 323 g/mol. The van der Waals surface area contributed by atoms with Crippen LogP contribution < -0.4 is 4.74 Å². The molecule has 0 fully saturated rings. The molecule has 3 nitrogen and oxygen atoms in total. The zero-order chi connectivity index (χ0) is 14.0. The molecule has 4 heteroatoms. The van der Waals surface area contributed by atoms with E-state index in [1.54, 1.807) is 0 Å². The van der Waals surface area contributed by atoms with Crippen LogP contribution in [-0.2, 0) is 13.2 Å². The van der Waals surface area contributed by atoms with Gasteiger partial charge in [-0.25, -0.2) is 0 Å². The Balaban J connectivity index is 2.18. The molecule has 1 aromatic heterocycles. The number of ether oxygens (including phenoxy) is 1. The fraction of sp³-hybridized carbons (Fsp3) is 0.400. The van der Waals surface area contributed by atoms with Crippen LogP contribution in [0.15, 0.2) is 22.7 Å². The van der Waals surface area contributed by atoms with E-state index in [4.69, 9.17) is 4.74 Å². The van der Waals surface area contributed by atoms with Crippen molar-refractivity contribution in [3.05, 3.63) is 45.2 Å². The molecule has 0 unspecified atom stereocenters. The van der Waals surface area contributed by atoms with Crippen LogP contribution in [0.4, 0.5) is 0 Å². The van der Waals surface area contributed by atoms with Gasteiger partial charge in [0.25, 0.3) is 0 Å². The molecule has 0 atom stereocenters. The number of hydrogen-bond acceptors (Lipinski definition) is 2. The molecule has 19 heavy (non-hydrogen) atoms. The first-order valence-electron chi connectivity index (χ1n) is 6.44. The molecule has 1 heterocycles. The molecule has 0 aliphatic carbocycles. The normalized spacial score (nSPS) is 10.8. The highest BCUT2D eigenvalue weighted by atomic mass is 79.9. The van der Waals surface area contributed by atoms with E-state index in [-0.39, 0.29) is 0 Å². The quantitative estimate of drug-likeness (QED) is 0.844. The summed E-state index contributed by atoms with van der Waals surface area (Å²) in [6.45, 7) is 9.61. The summed E-state index contributed by atoms with van der Waals surface area (Å²) in [5, 5.41) is 4.47. The Labute approximate surface area is 122 Å². The van der Waals surface area contributed by atoms with E-state index in [0.29, 0.717) is 6.61 Å². The van der Waals surface area contributed by atoms with Crippen molar-refractivity contribution in [3.8, 4) is 5.75 Å². The summed E-state index contributed by atoms with van der Waals surface area (Å²) < 4.78 is 8.94. The second-order valence-electron chi connectivity index (χ2n) is 4.72. The van der Waals surface area contributed by atoms with Crippen LogP contribution in [0, 0.1) is 20.8 Å². The molecule has 0 radical (unpaired) electrons. The number of aryl methyl sites for hydroxylation is 4. The summed E-state index contributed by atoms with van der Waals surface area (Å²) in [4.78, 5) is 0. The summed E-state index contributed by atoms with van der Waals surface area (Å²) in [6.07, 6.45) is 0. The standard InChI is InChI=1S/C15H19BrN2O/c1-5-18-13(15(16)12(4)17-18)9-19-14-7-6-10(2)8-11(14)3/h6-8H,5,9H2,1-4H3. The number of halogens is 1. The van der Waals surface area contributed by atoms with Crippen molar-refractivity contribution in [3.63, 3.8) is 0 Å². The molecule has 0 aliphatic rings. The maximum atomic E-state index is 5.92. The molecular formula is C15H19BrN2O. The van der Waals surface area contributed by atoms with E-state index < -0.39 is 0 Å². The average Bonchev–Trinajstić information content (AvgIpc) is 2.65. The van der Waals surface area contributed by atoms with Crippen molar-refractivity contribution in [1.82, 2.24) is 9.78 Å². The Kier molecular flexibility index (Phi) is 4.30. The van der Waals surface area contributed by atoms with E-state index in [2.05, 4.69) is 53.9 Å². The molecule has 0 saturated heterocycles. The van der Waals surface area contributed by atoms with Gasteiger partial charge in [0.1, 0.15) is 12.4 Å². The van der Waals surface area contributed by atoms with Crippen molar-refractivity contribution in [2.24, 2.45) is 0 Å². The summed E-state index contributed by atoms with van der Waals surface area (Å²) in [7, 11) is 0. The summed E-state index contributed by atoms with van der Waals surface area (Å²) in [6, 6.07) is 6.23. The van der Waals surface area contributed by atoms with E-state index in [1.807, 2.05) is 17.7 Å². The fourth-order valence-corrected chi connectivity index (χ4v) is 2.51. The van der Waals surface area contributed by atoms with Crippen LogP contribution in [0.2, 0.25) is 0 Å². The summed E-state index contributed by atoms with van der Waals surface area (Å²) in [5.41, 5.74) is 4.50. The lowest BCUT2D eigenvalue weighted by molar-refractivity contribution is 0.289. The minimum Gasteiger partial charge on any atom is -0.487 e. The van der Waals surface area contributed by atoms with Crippen LogP contribution >= 0.6 is 15.9 Å². The monoisotopic (exact) mass is 322 g/mol. The number of hydrogen-bond donors (Lipinski definition) is 0. The van der Waals surface area contributed by atoms with E-state index in [0.717, 1.165) is 33.7 Å². The largest absolute Gasteiger partial charge is 0.487 e. The Morgan fingerprint density at radius 1 is 1.26 bits per heavy atom. The second-order valence-corrected chi connectivity index (χ2v) is 5.51. The summed E-state index contributed by atoms with van der Waals surface area (Å²) in [5.74, 6) is 0.930. The molecule has 0 aliphatic heterocycles. The van der Waals surface area contributed by atoms with Gasteiger partial charge in [-0.2, -0.15) is 5.10 Å². The van der Waals surface area contributed by atoms with Crippen LogP contribution in [0.25, 0.3) is 0 Å². The lowest BCUT2D eigenvalue weighted by atomic mass is 10.1.